The van der Waals surface area contributed by atoms with E-state index in [0.29, 0.717) is 22.7 Å². The van der Waals surface area contributed by atoms with Crippen molar-refractivity contribution in [3.63, 3.8) is 0 Å². The number of aromatic nitrogens is 2. The van der Waals surface area contributed by atoms with Crippen molar-refractivity contribution in [3.05, 3.63) is 90.1 Å². The summed E-state index contributed by atoms with van der Waals surface area (Å²) in [7, 11) is 2.00. The van der Waals surface area contributed by atoms with Crippen LogP contribution in [0.1, 0.15) is 64.0 Å². The third kappa shape index (κ3) is 7.03. The number of carbonyl (C=O) groups is 1. The highest BCUT2D eigenvalue weighted by Crippen LogP contribution is 2.44. The van der Waals surface area contributed by atoms with Crippen molar-refractivity contribution in [1.29, 1.82) is 0 Å². The van der Waals surface area contributed by atoms with E-state index in [2.05, 4.69) is 63.7 Å². The fourth-order valence-corrected chi connectivity index (χ4v) is 7.18. The molecular formula is C40H47N7O3. The Morgan fingerprint density at radius 3 is 2.36 bits per heavy atom. The maximum Gasteiger partial charge on any atom is 0.408 e. The van der Waals surface area contributed by atoms with Gasteiger partial charge in [-0.1, -0.05) is 24.3 Å². The number of anilines is 4. The Balaban J connectivity index is 1.14. The minimum atomic E-state index is -0.559. The van der Waals surface area contributed by atoms with Gasteiger partial charge in [0, 0.05) is 73.7 Å². The molecule has 3 N–H and O–H groups in total. The van der Waals surface area contributed by atoms with Gasteiger partial charge in [-0.3, -0.25) is 4.99 Å². The van der Waals surface area contributed by atoms with E-state index < -0.39 is 17.2 Å². The van der Waals surface area contributed by atoms with Crippen LogP contribution in [-0.2, 0) is 15.0 Å². The smallest absolute Gasteiger partial charge is 0.408 e. The average molecular weight is 674 g/mol. The predicted octanol–water partition coefficient (Wildman–Crippen LogP) is 7.77. The van der Waals surface area contributed by atoms with Crippen LogP contribution >= 0.6 is 0 Å². The number of benzene rings is 2. The number of rotatable bonds is 8. The minimum Gasteiger partial charge on any atom is -0.444 e. The fraction of sp³-hybridized carbons (Fsp3) is 0.400. The number of alkyl carbamates (subject to hydrolysis) is 1. The first-order chi connectivity index (χ1) is 24.0. The van der Waals surface area contributed by atoms with Crippen molar-refractivity contribution in [2.75, 3.05) is 48.9 Å². The van der Waals surface area contributed by atoms with Gasteiger partial charge in [0.25, 0.3) is 0 Å². The van der Waals surface area contributed by atoms with Crippen molar-refractivity contribution in [1.82, 2.24) is 15.3 Å². The molecule has 50 heavy (non-hydrogen) atoms. The van der Waals surface area contributed by atoms with Crippen LogP contribution in [0.15, 0.2) is 84.0 Å². The number of ether oxygens (including phenoxy) is 2. The lowest BCUT2D eigenvalue weighted by atomic mass is 9.72. The zero-order valence-electron chi connectivity index (χ0n) is 29.5. The average Bonchev–Trinajstić information content (AvgIpc) is 3.08. The Hall–Kier alpha value is -4.96. The van der Waals surface area contributed by atoms with Crippen molar-refractivity contribution < 1.29 is 14.3 Å². The molecule has 1 amide bonds. The standard InChI is InChI=1S/C40H47N7O3/c1-38(2,3)50-37(48)45-40(18-6-19-40)30-10-14-31(15-11-30)46(4)36-34(43-25-29-7-5-22-42-35(29)41)17-16-33(44-36)28-8-12-32(13-9-28)47-26-39(27-47)20-23-49-24-21-39/h5,7-17,22,25H,6,18-21,23-24,26-27H2,1-4H3,(H2,41,42)(H,45,48)/b43-25+. The molecule has 0 unspecified atom stereocenters. The van der Waals surface area contributed by atoms with Gasteiger partial charge >= 0.3 is 6.09 Å². The van der Waals surface area contributed by atoms with Crippen molar-refractivity contribution >= 4 is 41.0 Å². The summed E-state index contributed by atoms with van der Waals surface area (Å²) in [6, 6.07) is 24.8. The van der Waals surface area contributed by atoms with Crippen LogP contribution < -0.4 is 20.9 Å². The number of hydrogen-bond acceptors (Lipinski definition) is 9. The van der Waals surface area contributed by atoms with Gasteiger partial charge in [0.15, 0.2) is 5.82 Å². The highest BCUT2D eigenvalue weighted by atomic mass is 16.6. The molecule has 3 aliphatic rings. The molecule has 1 aliphatic carbocycles. The van der Waals surface area contributed by atoms with Gasteiger partial charge in [-0.15, -0.1) is 0 Å². The van der Waals surface area contributed by atoms with Gasteiger partial charge in [-0.05, 0) is 107 Å². The molecule has 1 spiro atoms. The van der Waals surface area contributed by atoms with Crippen LogP contribution in [-0.4, -0.2) is 61.2 Å². The van der Waals surface area contributed by atoms with E-state index in [1.165, 1.54) is 5.69 Å². The summed E-state index contributed by atoms with van der Waals surface area (Å²) < 4.78 is 11.2. The molecule has 0 atom stereocenters. The van der Waals surface area contributed by atoms with E-state index in [1.807, 2.05) is 57.0 Å². The molecule has 4 aromatic rings. The van der Waals surface area contributed by atoms with E-state index in [0.717, 1.165) is 86.5 Å². The topological polar surface area (TPSA) is 118 Å². The summed E-state index contributed by atoms with van der Waals surface area (Å²) in [4.78, 5) is 31.4. The molecule has 4 heterocycles. The van der Waals surface area contributed by atoms with E-state index in [4.69, 9.17) is 25.2 Å². The molecule has 7 rings (SSSR count). The second-order valence-corrected chi connectivity index (χ2v) is 15.0. The normalized spacial score (nSPS) is 18.0. The number of hydrogen-bond donors (Lipinski definition) is 2. The second kappa shape index (κ2) is 13.4. The zero-order chi connectivity index (χ0) is 34.9. The monoisotopic (exact) mass is 673 g/mol. The van der Waals surface area contributed by atoms with Crippen molar-refractivity contribution in [2.24, 2.45) is 10.4 Å². The molecule has 2 aliphatic heterocycles. The van der Waals surface area contributed by atoms with Crippen LogP contribution in [0.5, 0.6) is 0 Å². The fourth-order valence-electron chi connectivity index (χ4n) is 7.18. The first-order valence-electron chi connectivity index (χ1n) is 17.6. The Bertz CT molecular complexity index is 1850. The van der Waals surface area contributed by atoms with E-state index >= 15 is 0 Å². The number of aliphatic imine (C=N–C) groups is 1. The Labute approximate surface area is 294 Å². The summed E-state index contributed by atoms with van der Waals surface area (Å²) in [6.07, 6.45) is 8.09. The summed E-state index contributed by atoms with van der Waals surface area (Å²) in [6.45, 7) is 9.57. The van der Waals surface area contributed by atoms with Gasteiger partial charge < -0.3 is 30.3 Å². The molecule has 2 saturated heterocycles. The Morgan fingerprint density at radius 2 is 1.72 bits per heavy atom. The predicted molar refractivity (Wildman–Crippen MR) is 200 cm³/mol. The van der Waals surface area contributed by atoms with Crippen molar-refractivity contribution in [3.8, 4) is 11.3 Å². The molecule has 10 heteroatoms. The summed E-state index contributed by atoms with van der Waals surface area (Å²) in [5, 5.41) is 3.16. The molecule has 2 aromatic carbocycles. The van der Waals surface area contributed by atoms with Crippen LogP contribution in [0, 0.1) is 5.41 Å². The lowest BCUT2D eigenvalue weighted by Crippen LogP contribution is -2.58. The quantitative estimate of drug-likeness (QED) is 0.182. The van der Waals surface area contributed by atoms with Crippen LogP contribution in [0.2, 0.25) is 0 Å². The lowest BCUT2D eigenvalue weighted by Gasteiger charge is -2.53. The second-order valence-electron chi connectivity index (χ2n) is 15.0. The lowest BCUT2D eigenvalue weighted by molar-refractivity contribution is -0.000195. The maximum absolute atomic E-state index is 12.7. The van der Waals surface area contributed by atoms with E-state index in [9.17, 15) is 4.79 Å². The number of amides is 1. The Kier molecular flexibility index (Phi) is 8.98. The van der Waals surface area contributed by atoms with E-state index in [1.54, 1.807) is 12.4 Å². The van der Waals surface area contributed by atoms with Gasteiger partial charge in [-0.2, -0.15) is 0 Å². The summed E-state index contributed by atoms with van der Waals surface area (Å²) >= 11 is 0. The summed E-state index contributed by atoms with van der Waals surface area (Å²) in [5.74, 6) is 1.12. The van der Waals surface area contributed by atoms with Crippen LogP contribution in [0.3, 0.4) is 0 Å². The van der Waals surface area contributed by atoms with Gasteiger partial charge in [0.2, 0.25) is 0 Å². The number of nitrogen functional groups attached to an aromatic ring is 1. The SMILES string of the molecule is CN(c1ccc(C2(NC(=O)OC(C)(C)C)CCC2)cc1)c1nc(-c2ccc(N3CC4(CCOCC4)C3)cc2)ccc1/N=C/c1cccnc1N. The number of nitrogens with zero attached hydrogens (tertiary/aromatic N) is 5. The largest absolute Gasteiger partial charge is 0.444 e. The van der Waals surface area contributed by atoms with Crippen molar-refractivity contribution in [2.45, 2.75) is 64.0 Å². The van der Waals surface area contributed by atoms with Crippen LogP contribution in [0.4, 0.5) is 33.5 Å². The Morgan fingerprint density at radius 1 is 1.00 bits per heavy atom. The minimum absolute atomic E-state index is 0.391. The number of pyridine rings is 2. The molecule has 1 saturated carbocycles. The van der Waals surface area contributed by atoms with Gasteiger partial charge in [0.05, 0.1) is 11.2 Å². The van der Waals surface area contributed by atoms with Gasteiger partial charge in [-0.25, -0.2) is 14.8 Å². The number of nitrogens with two attached hydrogens (primary N) is 1. The first-order valence-corrected chi connectivity index (χ1v) is 17.6. The molecule has 2 aromatic heterocycles. The molecule has 0 radical (unpaired) electrons. The highest BCUT2D eigenvalue weighted by molar-refractivity contribution is 5.89. The molecule has 10 nitrogen and oxygen atoms in total. The highest BCUT2D eigenvalue weighted by Gasteiger charge is 2.44. The molecule has 0 bridgehead atoms. The molecular weight excluding hydrogens is 626 g/mol. The third-order valence-corrected chi connectivity index (χ3v) is 10.3. The number of nitrogens with one attached hydrogen (secondary N) is 1. The van der Waals surface area contributed by atoms with E-state index in [-0.39, 0.29) is 0 Å². The third-order valence-electron chi connectivity index (χ3n) is 10.3. The maximum atomic E-state index is 12.7. The zero-order valence-corrected chi connectivity index (χ0v) is 29.5. The molecule has 260 valence electrons. The van der Waals surface area contributed by atoms with Gasteiger partial charge in [0.1, 0.15) is 17.1 Å². The molecule has 3 fully saturated rings. The first kappa shape index (κ1) is 33.5. The summed E-state index contributed by atoms with van der Waals surface area (Å²) in [5.41, 5.74) is 12.1. The number of carbonyl (C=O) groups excluding carboxylic acids is 1. The van der Waals surface area contributed by atoms with Crippen LogP contribution in [0.25, 0.3) is 11.3 Å².